The molecule has 96 valence electrons. The molecule has 0 aromatic carbocycles. The summed E-state index contributed by atoms with van der Waals surface area (Å²) in [7, 11) is -4.17. The Morgan fingerprint density at radius 2 is 1.82 bits per heavy atom. The molecule has 1 aliphatic rings. The van der Waals surface area contributed by atoms with Crippen LogP contribution in [0.4, 0.5) is 0 Å². The first-order valence-corrected chi connectivity index (χ1v) is 7.38. The molecule has 0 aliphatic heterocycles. The van der Waals surface area contributed by atoms with Gasteiger partial charge in [-0.25, -0.2) is 0 Å². The second-order valence-electron chi connectivity index (χ2n) is 4.71. The van der Waals surface area contributed by atoms with Gasteiger partial charge in [0.1, 0.15) is 4.90 Å². The molecule has 1 N–H and O–H groups in total. The first kappa shape index (κ1) is 12.6. The fraction of sp³-hybridized carbons (Fsp3) is 0.727. The van der Waals surface area contributed by atoms with Gasteiger partial charge in [0.2, 0.25) is 0 Å². The van der Waals surface area contributed by atoms with Crippen molar-refractivity contribution in [2.24, 2.45) is 0 Å². The van der Waals surface area contributed by atoms with Crippen LogP contribution in [-0.2, 0) is 10.1 Å². The Morgan fingerprint density at radius 1 is 1.24 bits per heavy atom. The van der Waals surface area contributed by atoms with E-state index in [1.54, 1.807) is 18.5 Å². The van der Waals surface area contributed by atoms with Gasteiger partial charge in [-0.15, -0.1) is 0 Å². The minimum atomic E-state index is -4.17. The second kappa shape index (κ2) is 4.42. The highest BCUT2D eigenvalue weighted by Gasteiger charge is 2.26. The second-order valence-corrected chi connectivity index (χ2v) is 6.07. The van der Waals surface area contributed by atoms with Gasteiger partial charge in [-0.3, -0.25) is 9.23 Å². The van der Waals surface area contributed by atoms with Crippen LogP contribution in [0.5, 0.6) is 0 Å². The molecule has 0 unspecified atom stereocenters. The molecule has 6 heteroatoms. The Morgan fingerprint density at radius 3 is 2.29 bits per heavy atom. The van der Waals surface area contributed by atoms with Crippen LogP contribution in [-0.4, -0.2) is 22.8 Å². The molecule has 0 saturated heterocycles. The average molecular weight is 258 g/mol. The van der Waals surface area contributed by atoms with Gasteiger partial charge in [-0.05, 0) is 26.7 Å². The first-order chi connectivity index (χ1) is 7.91. The van der Waals surface area contributed by atoms with E-state index >= 15 is 0 Å². The van der Waals surface area contributed by atoms with Gasteiger partial charge >= 0.3 is 0 Å². The van der Waals surface area contributed by atoms with Crippen LogP contribution in [0.2, 0.25) is 0 Å². The van der Waals surface area contributed by atoms with Crippen LogP contribution in [0.15, 0.2) is 4.90 Å². The Balaban J connectivity index is 2.43. The van der Waals surface area contributed by atoms with Crippen molar-refractivity contribution >= 4 is 10.1 Å². The van der Waals surface area contributed by atoms with Crippen molar-refractivity contribution in [1.29, 1.82) is 0 Å². The highest BCUT2D eigenvalue weighted by atomic mass is 32.2. The van der Waals surface area contributed by atoms with Crippen molar-refractivity contribution in [3.63, 3.8) is 0 Å². The van der Waals surface area contributed by atoms with Gasteiger partial charge in [0, 0.05) is 0 Å². The number of aryl methyl sites for hydroxylation is 1. The monoisotopic (exact) mass is 258 g/mol. The summed E-state index contributed by atoms with van der Waals surface area (Å²) in [5.74, 6) is 0. The molecule has 0 atom stereocenters. The number of hydrogen-bond donors (Lipinski definition) is 1. The van der Waals surface area contributed by atoms with Gasteiger partial charge in [-0.1, -0.05) is 19.3 Å². The smallest absolute Gasteiger partial charge is 0.282 e. The Bertz CT molecular complexity index is 513. The van der Waals surface area contributed by atoms with E-state index in [0.29, 0.717) is 11.4 Å². The van der Waals surface area contributed by atoms with Crippen molar-refractivity contribution in [2.45, 2.75) is 56.9 Å². The van der Waals surface area contributed by atoms with E-state index < -0.39 is 10.1 Å². The Labute approximate surface area is 102 Å². The lowest BCUT2D eigenvalue weighted by Gasteiger charge is -2.23. The van der Waals surface area contributed by atoms with Crippen LogP contribution in [0.25, 0.3) is 0 Å². The molecule has 1 saturated carbocycles. The summed E-state index contributed by atoms with van der Waals surface area (Å²) in [5.41, 5.74) is 0.937. The van der Waals surface area contributed by atoms with Gasteiger partial charge in [0.25, 0.3) is 10.1 Å². The minimum Gasteiger partial charge on any atom is -0.282 e. The van der Waals surface area contributed by atoms with Gasteiger partial charge in [0.15, 0.2) is 0 Å². The van der Waals surface area contributed by atoms with E-state index in [0.717, 1.165) is 25.7 Å². The van der Waals surface area contributed by atoms with Crippen LogP contribution < -0.4 is 0 Å². The van der Waals surface area contributed by atoms with Gasteiger partial charge in [0.05, 0.1) is 17.4 Å². The minimum absolute atomic E-state index is 0.0249. The van der Waals surface area contributed by atoms with E-state index in [1.165, 1.54) is 6.42 Å². The normalized spacial score (nSPS) is 18.5. The summed E-state index contributed by atoms with van der Waals surface area (Å²) in [5, 5.41) is 4.28. The third-order valence-corrected chi connectivity index (χ3v) is 4.54. The van der Waals surface area contributed by atoms with E-state index in [4.69, 9.17) is 0 Å². The highest BCUT2D eigenvalue weighted by Crippen LogP contribution is 2.31. The van der Waals surface area contributed by atoms with E-state index in [2.05, 4.69) is 5.10 Å². The molecule has 0 radical (unpaired) electrons. The number of hydrogen-bond acceptors (Lipinski definition) is 3. The fourth-order valence-corrected chi connectivity index (χ4v) is 3.58. The number of nitrogens with zero attached hydrogens (tertiary/aromatic N) is 2. The third-order valence-electron chi connectivity index (χ3n) is 3.44. The zero-order chi connectivity index (χ0) is 12.6. The maximum Gasteiger partial charge on any atom is 0.298 e. The molecule has 2 rings (SSSR count). The predicted octanol–water partition coefficient (Wildman–Crippen LogP) is 2.25. The van der Waals surface area contributed by atoms with Crippen molar-refractivity contribution in [2.75, 3.05) is 0 Å². The lowest BCUT2D eigenvalue weighted by molar-refractivity contribution is 0.323. The third kappa shape index (κ3) is 2.37. The molecule has 1 aromatic heterocycles. The molecular formula is C11H18N2O3S. The largest absolute Gasteiger partial charge is 0.298 e. The zero-order valence-electron chi connectivity index (χ0n) is 10.2. The van der Waals surface area contributed by atoms with Crippen molar-refractivity contribution in [3.05, 3.63) is 11.4 Å². The molecule has 0 spiro atoms. The molecule has 1 aliphatic carbocycles. The standard InChI is InChI=1S/C11H18N2O3S/c1-8-11(17(14,15)16)9(2)13(12-8)10-6-4-3-5-7-10/h10H,3-7H2,1-2H3,(H,14,15,16). The van der Waals surface area contributed by atoms with E-state index in [9.17, 15) is 13.0 Å². The van der Waals surface area contributed by atoms with Gasteiger partial charge < -0.3 is 0 Å². The predicted molar refractivity (Wildman–Crippen MR) is 63.6 cm³/mol. The lowest BCUT2D eigenvalue weighted by Crippen LogP contribution is -2.15. The maximum absolute atomic E-state index is 11.3. The SMILES string of the molecule is Cc1nn(C2CCCCC2)c(C)c1S(=O)(=O)O. The maximum atomic E-state index is 11.3. The summed E-state index contributed by atoms with van der Waals surface area (Å²) in [4.78, 5) is -0.0249. The zero-order valence-corrected chi connectivity index (χ0v) is 11.0. The lowest BCUT2D eigenvalue weighted by atomic mass is 9.95. The average Bonchev–Trinajstić information content (AvgIpc) is 2.54. The summed E-state index contributed by atoms with van der Waals surface area (Å²) in [6.07, 6.45) is 5.62. The topological polar surface area (TPSA) is 72.2 Å². The number of aromatic nitrogens is 2. The highest BCUT2D eigenvalue weighted by molar-refractivity contribution is 7.86. The molecular weight excluding hydrogens is 240 g/mol. The van der Waals surface area contributed by atoms with Crippen LogP contribution in [0.3, 0.4) is 0 Å². The number of rotatable bonds is 2. The first-order valence-electron chi connectivity index (χ1n) is 5.94. The molecule has 17 heavy (non-hydrogen) atoms. The summed E-state index contributed by atoms with van der Waals surface area (Å²) in [6.45, 7) is 3.33. The molecule has 1 fully saturated rings. The summed E-state index contributed by atoms with van der Waals surface area (Å²) < 4.78 is 33.5. The van der Waals surface area contributed by atoms with Crippen molar-refractivity contribution in [3.8, 4) is 0 Å². The molecule has 0 amide bonds. The Hall–Kier alpha value is -0.880. The van der Waals surface area contributed by atoms with Crippen LogP contribution in [0, 0.1) is 13.8 Å². The van der Waals surface area contributed by atoms with Crippen molar-refractivity contribution in [1.82, 2.24) is 9.78 Å². The summed E-state index contributed by atoms with van der Waals surface area (Å²) >= 11 is 0. The quantitative estimate of drug-likeness (QED) is 0.826. The van der Waals surface area contributed by atoms with Crippen LogP contribution in [0.1, 0.15) is 49.5 Å². The molecule has 0 bridgehead atoms. The summed E-state index contributed by atoms with van der Waals surface area (Å²) in [6, 6.07) is 0.276. The van der Waals surface area contributed by atoms with Crippen molar-refractivity contribution < 1.29 is 13.0 Å². The van der Waals surface area contributed by atoms with Crippen LogP contribution >= 0.6 is 0 Å². The molecule has 1 aromatic rings. The Kier molecular flexibility index (Phi) is 3.27. The molecule has 1 heterocycles. The van der Waals surface area contributed by atoms with Gasteiger partial charge in [-0.2, -0.15) is 13.5 Å². The van der Waals surface area contributed by atoms with E-state index in [1.807, 2.05) is 0 Å². The fourth-order valence-electron chi connectivity index (χ4n) is 2.70. The van der Waals surface area contributed by atoms with E-state index in [-0.39, 0.29) is 10.9 Å². The molecule has 5 nitrogen and oxygen atoms in total.